The highest BCUT2D eigenvalue weighted by atomic mass is 16.5. The van der Waals surface area contributed by atoms with E-state index in [9.17, 15) is 4.79 Å². The summed E-state index contributed by atoms with van der Waals surface area (Å²) in [5.74, 6) is 0.309. The molecule has 0 bridgehead atoms. The lowest BCUT2D eigenvalue weighted by Crippen LogP contribution is -2.23. The number of nitrogens with zero attached hydrogens (tertiary/aromatic N) is 1. The van der Waals surface area contributed by atoms with Gasteiger partial charge in [-0.05, 0) is 60.9 Å². The number of aliphatic hydroxyl groups is 1. The Labute approximate surface area is 159 Å². The van der Waals surface area contributed by atoms with E-state index in [2.05, 4.69) is 11.4 Å². The minimum Gasteiger partial charge on any atom is -0.491 e. The van der Waals surface area contributed by atoms with E-state index in [4.69, 9.17) is 19.8 Å². The van der Waals surface area contributed by atoms with Crippen molar-refractivity contribution >= 4 is 11.7 Å². The van der Waals surface area contributed by atoms with Crippen LogP contribution in [-0.2, 0) is 16.0 Å². The molecular formula is C21H24N2O4. The summed E-state index contributed by atoms with van der Waals surface area (Å²) in [7, 11) is 0. The Kier molecular flexibility index (Phi) is 7.65. The molecule has 1 unspecified atom stereocenters. The van der Waals surface area contributed by atoms with Crippen LogP contribution >= 0.6 is 0 Å². The SMILES string of the molecule is CCOC(=O)C(Nc1ccc(C#N)cc1)c1ccc(OCCO)c(CC)c1. The zero-order valence-electron chi connectivity index (χ0n) is 15.6. The molecule has 0 spiro atoms. The van der Waals surface area contributed by atoms with E-state index in [1.165, 1.54) is 0 Å². The minimum absolute atomic E-state index is 0.0589. The van der Waals surface area contributed by atoms with Crippen LogP contribution in [0.25, 0.3) is 0 Å². The van der Waals surface area contributed by atoms with E-state index in [1.807, 2.05) is 19.1 Å². The standard InChI is InChI=1S/C21H24N2O4/c1-3-16-13-17(7-10-19(16)27-12-11-24)20(21(25)26-4-2)23-18-8-5-15(14-22)6-9-18/h5-10,13,20,23-24H,3-4,11-12H2,1-2H3. The summed E-state index contributed by atoms with van der Waals surface area (Å²) in [6.45, 7) is 4.20. The van der Waals surface area contributed by atoms with E-state index in [0.29, 0.717) is 17.0 Å². The quantitative estimate of drug-likeness (QED) is 0.661. The summed E-state index contributed by atoms with van der Waals surface area (Å²) in [6.07, 6.45) is 0.723. The number of nitriles is 1. The van der Waals surface area contributed by atoms with Crippen molar-refractivity contribution < 1.29 is 19.4 Å². The molecule has 27 heavy (non-hydrogen) atoms. The largest absolute Gasteiger partial charge is 0.491 e. The fourth-order valence-electron chi connectivity index (χ4n) is 2.66. The van der Waals surface area contributed by atoms with E-state index in [0.717, 1.165) is 17.5 Å². The van der Waals surface area contributed by atoms with E-state index >= 15 is 0 Å². The van der Waals surface area contributed by atoms with Gasteiger partial charge in [-0.25, -0.2) is 4.79 Å². The number of carbonyl (C=O) groups excluding carboxylic acids is 1. The molecular weight excluding hydrogens is 344 g/mol. The molecule has 0 aliphatic heterocycles. The van der Waals surface area contributed by atoms with Gasteiger partial charge in [0.05, 0.1) is 24.8 Å². The van der Waals surface area contributed by atoms with Crippen molar-refractivity contribution in [1.82, 2.24) is 0 Å². The number of ether oxygens (including phenoxy) is 2. The van der Waals surface area contributed by atoms with Crippen LogP contribution in [0.4, 0.5) is 5.69 Å². The van der Waals surface area contributed by atoms with Gasteiger partial charge in [0, 0.05) is 5.69 Å². The Bertz CT molecular complexity index is 797. The van der Waals surface area contributed by atoms with Crippen molar-refractivity contribution in [3.05, 3.63) is 59.2 Å². The summed E-state index contributed by atoms with van der Waals surface area (Å²) in [4.78, 5) is 12.5. The Balaban J connectivity index is 2.32. The monoisotopic (exact) mass is 368 g/mol. The molecule has 0 saturated heterocycles. The first kappa shape index (κ1) is 20.3. The number of benzene rings is 2. The highest BCUT2D eigenvalue weighted by molar-refractivity contribution is 5.81. The number of hydrogen-bond donors (Lipinski definition) is 2. The summed E-state index contributed by atoms with van der Waals surface area (Å²) >= 11 is 0. The highest BCUT2D eigenvalue weighted by Gasteiger charge is 2.23. The molecule has 0 heterocycles. The molecule has 2 aromatic rings. The minimum atomic E-state index is -0.685. The molecule has 0 radical (unpaired) electrons. The maximum absolute atomic E-state index is 12.5. The lowest BCUT2D eigenvalue weighted by atomic mass is 10.0. The molecule has 0 saturated carbocycles. The number of hydrogen-bond acceptors (Lipinski definition) is 6. The van der Waals surface area contributed by atoms with E-state index in [-0.39, 0.29) is 25.8 Å². The molecule has 1 atom stereocenters. The van der Waals surface area contributed by atoms with Crippen LogP contribution in [0.15, 0.2) is 42.5 Å². The maximum Gasteiger partial charge on any atom is 0.333 e. The van der Waals surface area contributed by atoms with Gasteiger partial charge in [0.1, 0.15) is 12.4 Å². The molecule has 142 valence electrons. The Morgan fingerprint density at radius 2 is 1.96 bits per heavy atom. The Morgan fingerprint density at radius 3 is 2.56 bits per heavy atom. The van der Waals surface area contributed by atoms with Gasteiger partial charge >= 0.3 is 5.97 Å². The second-order valence-corrected chi connectivity index (χ2v) is 5.81. The lowest BCUT2D eigenvalue weighted by Gasteiger charge is -2.20. The highest BCUT2D eigenvalue weighted by Crippen LogP contribution is 2.27. The van der Waals surface area contributed by atoms with Crippen molar-refractivity contribution in [1.29, 1.82) is 5.26 Å². The third-order valence-electron chi connectivity index (χ3n) is 3.99. The summed E-state index contributed by atoms with van der Waals surface area (Å²) in [5.41, 5.74) is 2.96. The van der Waals surface area contributed by atoms with Gasteiger partial charge in [-0.2, -0.15) is 5.26 Å². The topological polar surface area (TPSA) is 91.6 Å². The maximum atomic E-state index is 12.5. The predicted octanol–water partition coefficient (Wildman–Crippen LogP) is 3.21. The van der Waals surface area contributed by atoms with Gasteiger partial charge in [-0.15, -0.1) is 0 Å². The molecule has 2 N–H and O–H groups in total. The van der Waals surface area contributed by atoms with E-state index < -0.39 is 6.04 Å². The average molecular weight is 368 g/mol. The molecule has 6 heteroatoms. The predicted molar refractivity (Wildman–Crippen MR) is 103 cm³/mol. The summed E-state index contributed by atoms with van der Waals surface area (Å²) in [5, 5.41) is 21.1. The van der Waals surface area contributed by atoms with Crippen molar-refractivity contribution in [2.24, 2.45) is 0 Å². The van der Waals surface area contributed by atoms with Crippen LogP contribution in [0.3, 0.4) is 0 Å². The number of carbonyl (C=O) groups is 1. The molecule has 2 aromatic carbocycles. The fourth-order valence-corrected chi connectivity index (χ4v) is 2.66. The van der Waals surface area contributed by atoms with Crippen LogP contribution in [0.1, 0.15) is 36.6 Å². The molecule has 0 amide bonds. The van der Waals surface area contributed by atoms with Gasteiger partial charge in [0.25, 0.3) is 0 Å². The fraction of sp³-hybridized carbons (Fsp3) is 0.333. The van der Waals surface area contributed by atoms with Gasteiger partial charge in [0.15, 0.2) is 6.04 Å². The number of nitrogens with one attached hydrogen (secondary N) is 1. The second kappa shape index (κ2) is 10.2. The summed E-state index contributed by atoms with van der Waals surface area (Å²) < 4.78 is 10.8. The molecule has 2 rings (SSSR count). The van der Waals surface area contributed by atoms with Crippen molar-refractivity contribution in [3.8, 4) is 11.8 Å². The Morgan fingerprint density at radius 1 is 1.22 bits per heavy atom. The third kappa shape index (κ3) is 5.47. The number of aryl methyl sites for hydroxylation is 1. The molecule has 0 aromatic heterocycles. The average Bonchev–Trinajstić information content (AvgIpc) is 2.71. The number of anilines is 1. The lowest BCUT2D eigenvalue weighted by molar-refractivity contribution is -0.144. The van der Waals surface area contributed by atoms with Crippen LogP contribution in [0, 0.1) is 11.3 Å². The normalized spacial score (nSPS) is 11.3. The smallest absolute Gasteiger partial charge is 0.333 e. The van der Waals surface area contributed by atoms with Gasteiger partial charge in [-0.3, -0.25) is 0 Å². The van der Waals surface area contributed by atoms with Crippen LogP contribution in [0.5, 0.6) is 5.75 Å². The second-order valence-electron chi connectivity index (χ2n) is 5.81. The van der Waals surface area contributed by atoms with Gasteiger partial charge in [-0.1, -0.05) is 13.0 Å². The summed E-state index contributed by atoms with van der Waals surface area (Å²) in [6, 6.07) is 13.8. The van der Waals surface area contributed by atoms with Crippen LogP contribution in [0.2, 0.25) is 0 Å². The van der Waals surface area contributed by atoms with Crippen LogP contribution < -0.4 is 10.1 Å². The zero-order chi connectivity index (χ0) is 19.6. The van der Waals surface area contributed by atoms with Crippen molar-refractivity contribution in [2.75, 3.05) is 25.1 Å². The number of aliphatic hydroxyl groups excluding tert-OH is 1. The number of esters is 1. The zero-order valence-corrected chi connectivity index (χ0v) is 15.6. The van der Waals surface area contributed by atoms with Crippen molar-refractivity contribution in [2.45, 2.75) is 26.3 Å². The Hall–Kier alpha value is -3.04. The molecule has 0 aliphatic carbocycles. The van der Waals surface area contributed by atoms with Gasteiger partial charge in [0.2, 0.25) is 0 Å². The third-order valence-corrected chi connectivity index (χ3v) is 3.99. The first-order chi connectivity index (χ1) is 13.1. The van der Waals surface area contributed by atoms with Crippen molar-refractivity contribution in [3.63, 3.8) is 0 Å². The number of rotatable bonds is 9. The van der Waals surface area contributed by atoms with E-state index in [1.54, 1.807) is 37.3 Å². The van der Waals surface area contributed by atoms with Crippen LogP contribution in [-0.4, -0.2) is 30.9 Å². The first-order valence-electron chi connectivity index (χ1n) is 8.92. The van der Waals surface area contributed by atoms with Gasteiger partial charge < -0.3 is 19.9 Å². The first-order valence-corrected chi connectivity index (χ1v) is 8.92. The molecule has 0 fully saturated rings. The molecule has 6 nitrogen and oxygen atoms in total. The molecule has 0 aliphatic rings.